The van der Waals surface area contributed by atoms with Crippen LogP contribution in [0.3, 0.4) is 0 Å². The second-order valence-electron chi connectivity index (χ2n) is 5.68. The number of rotatable bonds is 8. The molecule has 0 aliphatic heterocycles. The van der Waals surface area contributed by atoms with Gasteiger partial charge in [-0.05, 0) is 11.6 Å². The summed E-state index contributed by atoms with van der Waals surface area (Å²) in [4.78, 5) is 16.1. The number of hydrogen-bond donors (Lipinski definition) is 3. The lowest BCUT2D eigenvalue weighted by Crippen LogP contribution is -2.38. The van der Waals surface area contributed by atoms with E-state index in [0.29, 0.717) is 32.0 Å². The van der Waals surface area contributed by atoms with Gasteiger partial charge in [0.1, 0.15) is 5.75 Å². The number of guanidine groups is 1. The molecular weight excluding hydrogens is 455 g/mol. The van der Waals surface area contributed by atoms with Gasteiger partial charge in [0.25, 0.3) is 0 Å². The zero-order valence-electron chi connectivity index (χ0n) is 15.7. The molecule has 0 aliphatic rings. The van der Waals surface area contributed by atoms with Crippen LogP contribution in [0.2, 0.25) is 0 Å². The normalized spacial score (nSPS) is 10.5. The molecule has 27 heavy (non-hydrogen) atoms. The molecule has 2 rings (SSSR count). The molecule has 0 aromatic heterocycles. The lowest BCUT2D eigenvalue weighted by Gasteiger charge is -2.13. The van der Waals surface area contributed by atoms with Gasteiger partial charge in [0, 0.05) is 38.7 Å². The zero-order valence-corrected chi connectivity index (χ0v) is 18.0. The fourth-order valence-electron chi connectivity index (χ4n) is 2.43. The third-order valence-electron chi connectivity index (χ3n) is 3.84. The summed E-state index contributed by atoms with van der Waals surface area (Å²) in [6, 6.07) is 17.7. The molecular formula is C20H27IN4O2. The highest BCUT2D eigenvalue weighted by Gasteiger charge is 2.05. The molecule has 0 fully saturated rings. The largest absolute Gasteiger partial charge is 0.496 e. The summed E-state index contributed by atoms with van der Waals surface area (Å²) in [5.41, 5.74) is 2.13. The minimum absolute atomic E-state index is 0. The average molecular weight is 482 g/mol. The lowest BCUT2D eigenvalue weighted by molar-refractivity contribution is -0.121. The van der Waals surface area contributed by atoms with Crippen molar-refractivity contribution in [1.29, 1.82) is 0 Å². The van der Waals surface area contributed by atoms with E-state index < -0.39 is 0 Å². The van der Waals surface area contributed by atoms with Crippen molar-refractivity contribution in [3.05, 3.63) is 65.7 Å². The highest BCUT2D eigenvalue weighted by molar-refractivity contribution is 14.0. The SMILES string of the molecule is CN=C(NCCC(=O)NCc1ccccc1)NCc1ccccc1OC.I. The maximum atomic E-state index is 11.9. The summed E-state index contributed by atoms with van der Waals surface area (Å²) in [5, 5.41) is 9.27. The fourth-order valence-corrected chi connectivity index (χ4v) is 2.43. The average Bonchev–Trinajstić information content (AvgIpc) is 2.70. The quantitative estimate of drug-likeness (QED) is 0.308. The van der Waals surface area contributed by atoms with E-state index in [1.165, 1.54) is 0 Å². The van der Waals surface area contributed by atoms with E-state index in [1.807, 2.05) is 54.6 Å². The summed E-state index contributed by atoms with van der Waals surface area (Å²) in [6.45, 7) is 1.64. The first-order valence-electron chi connectivity index (χ1n) is 8.60. The number of methoxy groups -OCH3 is 1. The Morgan fingerprint density at radius 3 is 2.37 bits per heavy atom. The monoisotopic (exact) mass is 482 g/mol. The van der Waals surface area contributed by atoms with Gasteiger partial charge in [-0.3, -0.25) is 9.79 Å². The minimum Gasteiger partial charge on any atom is -0.496 e. The molecule has 0 heterocycles. The number of benzene rings is 2. The maximum absolute atomic E-state index is 11.9. The number of carbonyl (C=O) groups excluding carboxylic acids is 1. The minimum atomic E-state index is 0. The van der Waals surface area contributed by atoms with Gasteiger partial charge in [0.15, 0.2) is 5.96 Å². The van der Waals surface area contributed by atoms with Crippen molar-refractivity contribution in [2.75, 3.05) is 20.7 Å². The van der Waals surface area contributed by atoms with Crippen molar-refractivity contribution in [2.24, 2.45) is 4.99 Å². The Balaban J connectivity index is 0.00000364. The zero-order chi connectivity index (χ0) is 18.6. The third-order valence-corrected chi connectivity index (χ3v) is 3.84. The first-order valence-corrected chi connectivity index (χ1v) is 8.60. The van der Waals surface area contributed by atoms with Crippen molar-refractivity contribution in [2.45, 2.75) is 19.5 Å². The van der Waals surface area contributed by atoms with E-state index in [0.717, 1.165) is 16.9 Å². The van der Waals surface area contributed by atoms with Gasteiger partial charge in [-0.2, -0.15) is 0 Å². The van der Waals surface area contributed by atoms with Crippen molar-refractivity contribution in [3.8, 4) is 5.75 Å². The number of amides is 1. The second kappa shape index (κ2) is 13.0. The fraction of sp³-hybridized carbons (Fsp3) is 0.300. The summed E-state index contributed by atoms with van der Waals surface area (Å²) in [7, 11) is 3.35. The van der Waals surface area contributed by atoms with Crippen molar-refractivity contribution in [3.63, 3.8) is 0 Å². The van der Waals surface area contributed by atoms with Gasteiger partial charge in [0.05, 0.1) is 7.11 Å². The Morgan fingerprint density at radius 2 is 1.67 bits per heavy atom. The molecule has 2 aromatic rings. The van der Waals surface area contributed by atoms with Crippen LogP contribution in [0.25, 0.3) is 0 Å². The van der Waals surface area contributed by atoms with Crippen molar-refractivity contribution >= 4 is 35.8 Å². The number of para-hydroxylation sites is 1. The van der Waals surface area contributed by atoms with Crippen LogP contribution in [0, 0.1) is 0 Å². The number of nitrogens with one attached hydrogen (secondary N) is 3. The van der Waals surface area contributed by atoms with E-state index >= 15 is 0 Å². The smallest absolute Gasteiger partial charge is 0.222 e. The lowest BCUT2D eigenvalue weighted by atomic mass is 10.2. The van der Waals surface area contributed by atoms with Crippen LogP contribution in [-0.2, 0) is 17.9 Å². The Kier molecular flexibility index (Phi) is 10.9. The van der Waals surface area contributed by atoms with E-state index in [2.05, 4.69) is 20.9 Å². The van der Waals surface area contributed by atoms with E-state index in [1.54, 1.807) is 14.2 Å². The van der Waals surface area contributed by atoms with Crippen LogP contribution in [0.1, 0.15) is 17.5 Å². The van der Waals surface area contributed by atoms with Gasteiger partial charge in [-0.15, -0.1) is 24.0 Å². The molecule has 2 aromatic carbocycles. The topological polar surface area (TPSA) is 74.8 Å². The summed E-state index contributed by atoms with van der Waals surface area (Å²) in [5.74, 6) is 1.48. The molecule has 0 saturated carbocycles. The Labute approximate surface area is 177 Å². The van der Waals surface area contributed by atoms with Gasteiger partial charge in [0.2, 0.25) is 5.91 Å². The molecule has 7 heteroatoms. The maximum Gasteiger partial charge on any atom is 0.222 e. The Hall–Kier alpha value is -2.29. The van der Waals surface area contributed by atoms with E-state index in [9.17, 15) is 4.79 Å². The number of hydrogen-bond acceptors (Lipinski definition) is 3. The van der Waals surface area contributed by atoms with Gasteiger partial charge >= 0.3 is 0 Å². The number of carbonyl (C=O) groups is 1. The molecule has 0 atom stereocenters. The van der Waals surface area contributed by atoms with E-state index in [-0.39, 0.29) is 29.9 Å². The van der Waals surface area contributed by atoms with Crippen LogP contribution >= 0.6 is 24.0 Å². The summed E-state index contributed by atoms with van der Waals surface area (Å²) >= 11 is 0. The molecule has 0 aliphatic carbocycles. The van der Waals surface area contributed by atoms with Crippen molar-refractivity contribution < 1.29 is 9.53 Å². The second-order valence-corrected chi connectivity index (χ2v) is 5.68. The molecule has 0 unspecified atom stereocenters. The number of ether oxygens (including phenoxy) is 1. The van der Waals surface area contributed by atoms with Crippen LogP contribution in [0.5, 0.6) is 5.75 Å². The number of halogens is 1. The number of nitrogens with zero attached hydrogens (tertiary/aromatic N) is 1. The number of aliphatic imine (C=N–C) groups is 1. The molecule has 0 bridgehead atoms. The Bertz CT molecular complexity index is 723. The van der Waals surface area contributed by atoms with Gasteiger partial charge < -0.3 is 20.7 Å². The summed E-state index contributed by atoms with van der Waals surface area (Å²) in [6.07, 6.45) is 0.377. The van der Waals surface area contributed by atoms with Gasteiger partial charge in [-0.25, -0.2) is 0 Å². The third kappa shape index (κ3) is 8.29. The van der Waals surface area contributed by atoms with Crippen LogP contribution < -0.4 is 20.7 Å². The highest BCUT2D eigenvalue weighted by atomic mass is 127. The first-order chi connectivity index (χ1) is 12.7. The van der Waals surface area contributed by atoms with E-state index in [4.69, 9.17) is 4.74 Å². The highest BCUT2D eigenvalue weighted by Crippen LogP contribution is 2.16. The Morgan fingerprint density at radius 1 is 0.963 bits per heavy atom. The predicted octanol–water partition coefficient (Wildman–Crippen LogP) is 2.68. The molecule has 6 nitrogen and oxygen atoms in total. The molecule has 0 saturated heterocycles. The first kappa shape index (κ1) is 22.8. The molecule has 0 spiro atoms. The van der Waals surface area contributed by atoms with Crippen molar-refractivity contribution in [1.82, 2.24) is 16.0 Å². The predicted molar refractivity (Wildman–Crippen MR) is 120 cm³/mol. The molecule has 146 valence electrons. The molecule has 1 amide bonds. The van der Waals surface area contributed by atoms with Gasteiger partial charge in [-0.1, -0.05) is 48.5 Å². The molecule has 3 N–H and O–H groups in total. The van der Waals surface area contributed by atoms with Crippen LogP contribution in [0.4, 0.5) is 0 Å². The van der Waals surface area contributed by atoms with Crippen LogP contribution in [-0.4, -0.2) is 32.6 Å². The summed E-state index contributed by atoms with van der Waals surface area (Å²) < 4.78 is 5.33. The standard InChI is InChI=1S/C20H26N4O2.HI/c1-21-20(24-15-17-10-6-7-11-18(17)26-2)22-13-12-19(25)23-14-16-8-4-3-5-9-16;/h3-11H,12-15H2,1-2H3,(H,23,25)(H2,21,22,24);1H. The van der Waals surface area contributed by atoms with Crippen LogP contribution in [0.15, 0.2) is 59.6 Å². The molecule has 0 radical (unpaired) electrons.